The van der Waals surface area contributed by atoms with Crippen LogP contribution in [-0.2, 0) is 0 Å². The van der Waals surface area contributed by atoms with E-state index in [-0.39, 0.29) is 5.91 Å². The first-order valence-corrected chi connectivity index (χ1v) is 8.11. The molecule has 0 unspecified atom stereocenters. The summed E-state index contributed by atoms with van der Waals surface area (Å²) in [5.74, 6) is 0.115. The molecule has 0 bridgehead atoms. The largest absolute Gasteiger partial charge is 0.298 e. The molecule has 1 amide bonds. The van der Waals surface area contributed by atoms with Crippen LogP contribution in [0.25, 0.3) is 10.2 Å². The molecule has 1 heterocycles. The number of nitrogens with zero attached hydrogens (tertiary/aromatic N) is 2. The molecule has 23 heavy (non-hydrogen) atoms. The number of para-hydroxylation sites is 1. The highest BCUT2D eigenvalue weighted by atomic mass is 32.1. The molecule has 0 saturated carbocycles. The van der Waals surface area contributed by atoms with Crippen LogP contribution < -0.4 is 5.32 Å². The zero-order valence-electron chi connectivity index (χ0n) is 12.8. The molecule has 0 aliphatic carbocycles. The van der Waals surface area contributed by atoms with E-state index in [9.17, 15) is 4.79 Å². The van der Waals surface area contributed by atoms with Gasteiger partial charge in [-0.1, -0.05) is 43.4 Å². The Morgan fingerprint density at radius 3 is 2.78 bits per heavy atom. The van der Waals surface area contributed by atoms with Crippen LogP contribution in [0.5, 0.6) is 0 Å². The second kappa shape index (κ2) is 6.19. The molecule has 0 aliphatic heterocycles. The number of hydrogen-bond donors (Lipinski definition) is 1. The summed E-state index contributed by atoms with van der Waals surface area (Å²) in [7, 11) is 0. The third kappa shape index (κ3) is 3.08. The van der Waals surface area contributed by atoms with Crippen molar-refractivity contribution in [2.45, 2.75) is 19.8 Å². The van der Waals surface area contributed by atoms with E-state index in [0.29, 0.717) is 22.2 Å². The molecular weight excluding hydrogens is 306 g/mol. The lowest BCUT2D eigenvalue weighted by molar-refractivity contribution is 0.102. The molecule has 0 fully saturated rings. The molecule has 5 heteroatoms. The van der Waals surface area contributed by atoms with E-state index in [0.717, 1.165) is 10.2 Å². The number of anilines is 1. The van der Waals surface area contributed by atoms with Crippen molar-refractivity contribution in [3.8, 4) is 6.07 Å². The predicted molar refractivity (Wildman–Crippen MR) is 92.8 cm³/mol. The first-order chi connectivity index (χ1) is 11.1. The predicted octanol–water partition coefficient (Wildman–Crippen LogP) is 4.54. The Labute approximate surface area is 138 Å². The Bertz CT molecular complexity index is 921. The molecule has 0 saturated heterocycles. The Morgan fingerprint density at radius 2 is 2.04 bits per heavy atom. The summed E-state index contributed by atoms with van der Waals surface area (Å²) in [6, 6.07) is 14.7. The van der Waals surface area contributed by atoms with Gasteiger partial charge in [-0.25, -0.2) is 4.98 Å². The highest BCUT2D eigenvalue weighted by Crippen LogP contribution is 2.31. The monoisotopic (exact) mass is 321 g/mol. The van der Waals surface area contributed by atoms with Gasteiger partial charge in [0.1, 0.15) is 0 Å². The summed E-state index contributed by atoms with van der Waals surface area (Å²) in [6.07, 6.45) is 0. The second-order valence-corrected chi connectivity index (χ2v) is 6.55. The number of hydrogen-bond acceptors (Lipinski definition) is 4. The maximum atomic E-state index is 12.3. The van der Waals surface area contributed by atoms with Crippen LogP contribution >= 0.6 is 11.3 Å². The number of carbonyl (C=O) groups is 1. The van der Waals surface area contributed by atoms with Gasteiger partial charge in [0.2, 0.25) is 0 Å². The lowest BCUT2D eigenvalue weighted by Gasteiger charge is -2.04. The van der Waals surface area contributed by atoms with E-state index in [2.05, 4.69) is 30.2 Å². The zero-order chi connectivity index (χ0) is 16.4. The summed E-state index contributed by atoms with van der Waals surface area (Å²) < 4.78 is 1.05. The number of nitrogens with one attached hydrogen (secondary N) is 1. The van der Waals surface area contributed by atoms with Gasteiger partial charge in [0.05, 0.1) is 21.8 Å². The van der Waals surface area contributed by atoms with Gasteiger partial charge in [0, 0.05) is 5.56 Å². The third-order valence-electron chi connectivity index (χ3n) is 3.55. The summed E-state index contributed by atoms with van der Waals surface area (Å²) in [5, 5.41) is 12.3. The van der Waals surface area contributed by atoms with Gasteiger partial charge in [-0.05, 0) is 35.7 Å². The van der Waals surface area contributed by atoms with Crippen molar-refractivity contribution in [1.29, 1.82) is 5.26 Å². The molecule has 1 N–H and O–H groups in total. The zero-order valence-corrected chi connectivity index (χ0v) is 13.6. The molecule has 114 valence electrons. The highest BCUT2D eigenvalue weighted by molar-refractivity contribution is 7.22. The number of rotatable bonds is 3. The average molecular weight is 321 g/mol. The van der Waals surface area contributed by atoms with Crippen molar-refractivity contribution >= 4 is 32.6 Å². The van der Waals surface area contributed by atoms with Crippen LogP contribution in [-0.4, -0.2) is 10.9 Å². The summed E-state index contributed by atoms with van der Waals surface area (Å²) in [4.78, 5) is 16.9. The smallest absolute Gasteiger partial charge is 0.257 e. The second-order valence-electron chi connectivity index (χ2n) is 5.51. The van der Waals surface area contributed by atoms with Crippen LogP contribution in [0.1, 0.15) is 41.3 Å². The van der Waals surface area contributed by atoms with E-state index in [4.69, 9.17) is 5.26 Å². The normalized spacial score (nSPS) is 10.7. The molecule has 2 aromatic carbocycles. The first-order valence-electron chi connectivity index (χ1n) is 7.29. The Balaban J connectivity index is 1.91. The van der Waals surface area contributed by atoms with Crippen molar-refractivity contribution < 1.29 is 4.79 Å². The van der Waals surface area contributed by atoms with Crippen LogP contribution in [0.4, 0.5) is 5.13 Å². The Kier molecular flexibility index (Phi) is 4.09. The molecule has 0 aliphatic rings. The third-order valence-corrected chi connectivity index (χ3v) is 4.48. The van der Waals surface area contributed by atoms with E-state index in [1.165, 1.54) is 16.9 Å². The van der Waals surface area contributed by atoms with Crippen molar-refractivity contribution in [1.82, 2.24) is 4.98 Å². The number of aromatic nitrogens is 1. The molecule has 0 atom stereocenters. The van der Waals surface area contributed by atoms with Crippen LogP contribution in [0, 0.1) is 11.3 Å². The minimum absolute atomic E-state index is 0.257. The van der Waals surface area contributed by atoms with E-state index >= 15 is 0 Å². The molecule has 3 aromatic rings. The van der Waals surface area contributed by atoms with Gasteiger partial charge < -0.3 is 0 Å². The Morgan fingerprint density at radius 1 is 1.26 bits per heavy atom. The molecule has 0 radical (unpaired) electrons. The standard InChI is InChI=1S/C18H15N3OS/c1-11(2)14-7-4-8-15-16(14)20-18(23-15)21-17(22)13-6-3-5-12(9-13)10-19/h3-9,11H,1-2H3,(H,20,21,22). The van der Waals surface area contributed by atoms with E-state index < -0.39 is 0 Å². The van der Waals surface area contributed by atoms with Gasteiger partial charge >= 0.3 is 0 Å². The fourth-order valence-corrected chi connectivity index (χ4v) is 3.28. The van der Waals surface area contributed by atoms with Crippen LogP contribution in [0.15, 0.2) is 42.5 Å². The molecule has 4 nitrogen and oxygen atoms in total. The van der Waals surface area contributed by atoms with Gasteiger partial charge in [-0.15, -0.1) is 0 Å². The summed E-state index contributed by atoms with van der Waals surface area (Å²) in [6.45, 7) is 4.25. The number of carbonyl (C=O) groups excluding carboxylic acids is 1. The fourth-order valence-electron chi connectivity index (χ4n) is 2.39. The maximum Gasteiger partial charge on any atom is 0.257 e. The van der Waals surface area contributed by atoms with Crippen molar-refractivity contribution in [2.75, 3.05) is 5.32 Å². The van der Waals surface area contributed by atoms with Crippen molar-refractivity contribution in [2.24, 2.45) is 0 Å². The molecular formula is C18H15N3OS. The van der Waals surface area contributed by atoms with Gasteiger partial charge in [-0.2, -0.15) is 5.26 Å². The molecule has 0 spiro atoms. The van der Waals surface area contributed by atoms with Crippen molar-refractivity contribution in [3.63, 3.8) is 0 Å². The van der Waals surface area contributed by atoms with Crippen molar-refractivity contribution in [3.05, 3.63) is 59.2 Å². The number of fused-ring (bicyclic) bond motifs is 1. The van der Waals surface area contributed by atoms with E-state index in [1.54, 1.807) is 24.3 Å². The lowest BCUT2D eigenvalue weighted by Crippen LogP contribution is -2.11. The highest BCUT2D eigenvalue weighted by Gasteiger charge is 2.13. The van der Waals surface area contributed by atoms with Gasteiger partial charge in [-0.3, -0.25) is 10.1 Å². The number of thiazole rings is 1. The Hall–Kier alpha value is -2.71. The first kappa shape index (κ1) is 15.2. The van der Waals surface area contributed by atoms with Crippen LogP contribution in [0.3, 0.4) is 0 Å². The topological polar surface area (TPSA) is 65.8 Å². The SMILES string of the molecule is CC(C)c1cccc2sc(NC(=O)c3cccc(C#N)c3)nc12. The maximum absolute atomic E-state index is 12.3. The lowest BCUT2D eigenvalue weighted by atomic mass is 10.0. The van der Waals surface area contributed by atoms with E-state index in [1.807, 2.05) is 18.2 Å². The molecule has 3 rings (SSSR count). The summed E-state index contributed by atoms with van der Waals surface area (Å²) >= 11 is 1.45. The quantitative estimate of drug-likeness (QED) is 0.770. The fraction of sp³-hybridized carbons (Fsp3) is 0.167. The number of amides is 1. The average Bonchev–Trinajstić information content (AvgIpc) is 2.96. The minimum atomic E-state index is -0.257. The van der Waals surface area contributed by atoms with Gasteiger partial charge in [0.25, 0.3) is 5.91 Å². The number of benzene rings is 2. The number of nitriles is 1. The van der Waals surface area contributed by atoms with Crippen LogP contribution in [0.2, 0.25) is 0 Å². The minimum Gasteiger partial charge on any atom is -0.298 e. The van der Waals surface area contributed by atoms with Gasteiger partial charge in [0.15, 0.2) is 5.13 Å². The summed E-state index contributed by atoms with van der Waals surface area (Å²) in [5.41, 5.74) is 3.02. The molecule has 1 aromatic heterocycles.